The third-order valence-corrected chi connectivity index (χ3v) is 6.59. The molecule has 0 bridgehead atoms. The van der Waals surface area contributed by atoms with E-state index in [1.54, 1.807) is 6.07 Å². The Morgan fingerprint density at radius 2 is 1.75 bits per heavy atom. The second-order valence-electron chi connectivity index (χ2n) is 4.45. The number of phenolic OH excluding ortho intramolecular Hbond substituents is 1. The first-order valence-electron chi connectivity index (χ1n) is 6.14. The van der Waals surface area contributed by atoms with Gasteiger partial charge in [-0.15, -0.1) is 0 Å². The lowest BCUT2D eigenvalue weighted by Crippen LogP contribution is -2.34. The van der Waals surface area contributed by atoms with E-state index in [1.807, 2.05) is 6.07 Å². The SMILES string of the molecule is O=C(NC(=S)Nc1cc(Cl)c(O)c(Cl)c1)c1cc(I)cc(I)c1Br. The summed E-state index contributed by atoms with van der Waals surface area (Å²) in [6.45, 7) is 0. The van der Waals surface area contributed by atoms with E-state index in [1.165, 1.54) is 12.1 Å². The number of thiocarbonyl (C=S) groups is 1. The molecule has 2 aromatic carbocycles. The third kappa shape index (κ3) is 5.07. The minimum absolute atomic E-state index is 0.0778. The first kappa shape index (κ1) is 20.4. The molecule has 10 heteroatoms. The molecule has 3 N–H and O–H groups in total. The van der Waals surface area contributed by atoms with Crippen LogP contribution in [-0.2, 0) is 0 Å². The Kier molecular flexibility index (Phi) is 7.38. The van der Waals surface area contributed by atoms with Crippen LogP contribution in [0.4, 0.5) is 5.69 Å². The molecule has 0 fully saturated rings. The summed E-state index contributed by atoms with van der Waals surface area (Å²) in [5, 5.41) is 15.2. The van der Waals surface area contributed by atoms with Gasteiger partial charge in [-0.2, -0.15) is 0 Å². The van der Waals surface area contributed by atoms with Crippen LogP contribution in [0, 0.1) is 7.14 Å². The van der Waals surface area contributed by atoms with Crippen molar-refractivity contribution in [3.05, 3.63) is 51.5 Å². The van der Waals surface area contributed by atoms with Crippen LogP contribution in [0.15, 0.2) is 28.7 Å². The van der Waals surface area contributed by atoms with Crippen LogP contribution in [-0.4, -0.2) is 16.1 Å². The molecule has 0 heterocycles. The van der Waals surface area contributed by atoms with Crippen molar-refractivity contribution < 1.29 is 9.90 Å². The summed E-state index contributed by atoms with van der Waals surface area (Å²) in [6, 6.07) is 6.59. The Hall–Kier alpha value is 0.120. The molecule has 0 unspecified atom stereocenters. The normalized spacial score (nSPS) is 10.4. The van der Waals surface area contributed by atoms with E-state index in [0.717, 1.165) is 7.14 Å². The highest BCUT2D eigenvalue weighted by molar-refractivity contribution is 14.1. The number of amides is 1. The zero-order valence-corrected chi connectivity index (χ0v) is 19.7. The number of aromatic hydroxyl groups is 1. The van der Waals surface area contributed by atoms with Gasteiger partial charge < -0.3 is 10.4 Å². The second-order valence-corrected chi connectivity index (χ2v) is 8.87. The highest BCUT2D eigenvalue weighted by Crippen LogP contribution is 2.34. The van der Waals surface area contributed by atoms with E-state index in [2.05, 4.69) is 71.7 Å². The Morgan fingerprint density at radius 3 is 2.33 bits per heavy atom. The molecule has 2 aromatic rings. The number of hydrogen-bond acceptors (Lipinski definition) is 3. The van der Waals surface area contributed by atoms with Crippen molar-refractivity contribution in [3.8, 4) is 5.75 Å². The van der Waals surface area contributed by atoms with Gasteiger partial charge in [-0.1, -0.05) is 23.2 Å². The van der Waals surface area contributed by atoms with Crippen molar-refractivity contribution in [2.24, 2.45) is 0 Å². The van der Waals surface area contributed by atoms with Crippen LogP contribution >= 0.6 is 96.5 Å². The molecule has 0 aliphatic rings. The predicted molar refractivity (Wildman–Crippen MR) is 121 cm³/mol. The fourth-order valence-electron chi connectivity index (χ4n) is 1.69. The van der Waals surface area contributed by atoms with Crippen LogP contribution in [0.25, 0.3) is 0 Å². The van der Waals surface area contributed by atoms with E-state index < -0.39 is 0 Å². The highest BCUT2D eigenvalue weighted by Gasteiger charge is 2.15. The van der Waals surface area contributed by atoms with Gasteiger partial charge in [-0.3, -0.25) is 10.1 Å². The highest BCUT2D eigenvalue weighted by atomic mass is 127. The summed E-state index contributed by atoms with van der Waals surface area (Å²) >= 11 is 24.5. The van der Waals surface area contributed by atoms with Gasteiger partial charge in [0.15, 0.2) is 10.9 Å². The number of hydrogen-bond donors (Lipinski definition) is 3. The van der Waals surface area contributed by atoms with Crippen molar-refractivity contribution in [3.63, 3.8) is 0 Å². The van der Waals surface area contributed by atoms with E-state index in [9.17, 15) is 9.90 Å². The largest absolute Gasteiger partial charge is 0.505 e. The van der Waals surface area contributed by atoms with Gasteiger partial charge in [0.2, 0.25) is 0 Å². The van der Waals surface area contributed by atoms with E-state index in [-0.39, 0.29) is 26.8 Å². The molecule has 24 heavy (non-hydrogen) atoms. The quantitative estimate of drug-likeness (QED) is 0.164. The van der Waals surface area contributed by atoms with Crippen LogP contribution in [0.2, 0.25) is 10.0 Å². The summed E-state index contributed by atoms with van der Waals surface area (Å²) in [4.78, 5) is 12.4. The zero-order valence-electron chi connectivity index (χ0n) is 11.5. The summed E-state index contributed by atoms with van der Waals surface area (Å²) < 4.78 is 2.54. The lowest BCUT2D eigenvalue weighted by molar-refractivity contribution is 0.0977. The Labute approximate surface area is 189 Å². The monoisotopic (exact) mass is 670 g/mol. The molecule has 0 spiro atoms. The number of rotatable bonds is 2. The number of nitrogens with one attached hydrogen (secondary N) is 2. The molecular weight excluding hydrogens is 665 g/mol. The van der Waals surface area contributed by atoms with Gasteiger partial charge in [-0.05, 0) is 97.6 Å². The van der Waals surface area contributed by atoms with E-state index >= 15 is 0 Å². The molecular formula is C14H7BrCl2I2N2O2S. The van der Waals surface area contributed by atoms with Gasteiger partial charge in [-0.25, -0.2) is 0 Å². The molecule has 0 aliphatic heterocycles. The smallest absolute Gasteiger partial charge is 0.258 e. The number of carbonyl (C=O) groups excluding carboxylic acids is 1. The van der Waals surface area contributed by atoms with Gasteiger partial charge in [0.1, 0.15) is 0 Å². The molecule has 2 rings (SSSR count). The number of benzene rings is 2. The van der Waals surface area contributed by atoms with Gasteiger partial charge in [0.05, 0.1) is 15.6 Å². The van der Waals surface area contributed by atoms with E-state index in [4.69, 9.17) is 35.4 Å². The van der Waals surface area contributed by atoms with Crippen LogP contribution in [0.3, 0.4) is 0 Å². The minimum Gasteiger partial charge on any atom is -0.505 e. The molecule has 1 amide bonds. The van der Waals surface area contributed by atoms with Gasteiger partial charge in [0, 0.05) is 17.3 Å². The first-order chi connectivity index (χ1) is 11.2. The molecule has 126 valence electrons. The molecule has 0 aromatic heterocycles. The summed E-state index contributed by atoms with van der Waals surface area (Å²) in [6.07, 6.45) is 0. The van der Waals surface area contributed by atoms with Crippen molar-refractivity contribution in [2.45, 2.75) is 0 Å². The van der Waals surface area contributed by atoms with Crippen LogP contribution in [0.5, 0.6) is 5.75 Å². The Bertz CT molecular complexity index is 829. The lowest BCUT2D eigenvalue weighted by Gasteiger charge is -2.12. The average Bonchev–Trinajstić information content (AvgIpc) is 2.48. The molecule has 0 saturated carbocycles. The van der Waals surface area contributed by atoms with Crippen LogP contribution < -0.4 is 10.6 Å². The minimum atomic E-state index is -0.355. The first-order valence-corrected chi connectivity index (χ1v) is 10.3. The fraction of sp³-hybridized carbons (Fsp3) is 0. The standard InChI is InChI=1S/C14H7BrCl2I2N2O2S/c15-11-7(1-5(18)2-10(11)19)13(23)21-14(24)20-6-3-8(16)12(22)9(17)4-6/h1-4,22H,(H2,20,21,23,24). The second kappa shape index (κ2) is 8.67. The number of phenols is 1. The van der Waals surface area contributed by atoms with Crippen molar-refractivity contribution >= 4 is 113 Å². The summed E-state index contributed by atoms with van der Waals surface area (Å²) in [5.41, 5.74) is 0.918. The molecule has 0 aliphatic carbocycles. The Morgan fingerprint density at radius 1 is 1.17 bits per heavy atom. The molecule has 0 atom stereocenters. The molecule has 0 saturated heterocycles. The summed E-state index contributed by atoms with van der Waals surface area (Å²) in [7, 11) is 0. The average molecular weight is 672 g/mol. The zero-order chi connectivity index (χ0) is 18.0. The van der Waals surface area contributed by atoms with Crippen LogP contribution in [0.1, 0.15) is 10.4 Å². The summed E-state index contributed by atoms with van der Waals surface area (Å²) in [5.74, 6) is -0.567. The fourth-order valence-corrected chi connectivity index (χ4v) is 4.64. The van der Waals surface area contributed by atoms with E-state index in [0.29, 0.717) is 15.7 Å². The van der Waals surface area contributed by atoms with Crippen molar-refractivity contribution in [2.75, 3.05) is 5.32 Å². The number of anilines is 1. The maximum Gasteiger partial charge on any atom is 0.258 e. The van der Waals surface area contributed by atoms with Gasteiger partial charge in [0.25, 0.3) is 5.91 Å². The maximum absolute atomic E-state index is 12.4. The predicted octanol–water partition coefficient (Wildman–Crippen LogP) is 5.80. The molecule has 4 nitrogen and oxygen atoms in total. The number of halogens is 5. The topological polar surface area (TPSA) is 61.4 Å². The van der Waals surface area contributed by atoms with Crippen molar-refractivity contribution in [1.29, 1.82) is 0 Å². The van der Waals surface area contributed by atoms with Crippen molar-refractivity contribution in [1.82, 2.24) is 5.32 Å². The number of carbonyl (C=O) groups is 1. The van der Waals surface area contributed by atoms with Gasteiger partial charge >= 0.3 is 0 Å². The Balaban J connectivity index is 2.14. The molecule has 0 radical (unpaired) electrons. The third-order valence-electron chi connectivity index (χ3n) is 2.74. The maximum atomic E-state index is 12.4. The lowest BCUT2D eigenvalue weighted by atomic mass is 10.2.